The van der Waals surface area contributed by atoms with Crippen LogP contribution in [0.2, 0.25) is 0 Å². The standard InChI is InChI=1S/C13H16N2O4S/c1-15(2)13(17)10-14-20(18,19)12-8-4-3-6-11(12)7-5-9-16/h3-4,6,8,14,16H,9-10H2,1-2H3. The van der Waals surface area contributed by atoms with E-state index < -0.39 is 10.0 Å². The number of nitrogens with one attached hydrogen (secondary N) is 1. The molecule has 0 unspecified atom stereocenters. The second-order valence-electron chi connectivity index (χ2n) is 4.07. The third kappa shape index (κ3) is 4.35. The van der Waals surface area contributed by atoms with Crippen LogP contribution >= 0.6 is 0 Å². The van der Waals surface area contributed by atoms with Crippen molar-refractivity contribution >= 4 is 15.9 Å². The van der Waals surface area contributed by atoms with Crippen LogP contribution in [-0.2, 0) is 14.8 Å². The lowest BCUT2D eigenvalue weighted by atomic mass is 10.2. The maximum absolute atomic E-state index is 12.1. The van der Waals surface area contributed by atoms with Gasteiger partial charge in [-0.05, 0) is 12.1 Å². The maximum atomic E-state index is 12.1. The van der Waals surface area contributed by atoms with E-state index in [1.807, 2.05) is 0 Å². The van der Waals surface area contributed by atoms with E-state index in [9.17, 15) is 13.2 Å². The van der Waals surface area contributed by atoms with Gasteiger partial charge in [-0.1, -0.05) is 24.0 Å². The molecule has 0 fully saturated rings. The zero-order chi connectivity index (χ0) is 15.2. The van der Waals surface area contributed by atoms with E-state index in [0.29, 0.717) is 0 Å². The molecule has 6 nitrogen and oxygen atoms in total. The van der Waals surface area contributed by atoms with Crippen LogP contribution in [0, 0.1) is 11.8 Å². The number of sulfonamides is 1. The Balaban J connectivity index is 3.01. The highest BCUT2D eigenvalue weighted by Crippen LogP contribution is 2.13. The molecule has 0 radical (unpaired) electrons. The molecule has 108 valence electrons. The first-order valence-corrected chi connectivity index (χ1v) is 7.25. The van der Waals surface area contributed by atoms with E-state index in [-0.39, 0.29) is 29.5 Å². The first-order chi connectivity index (χ1) is 9.38. The van der Waals surface area contributed by atoms with Crippen molar-refractivity contribution in [2.24, 2.45) is 0 Å². The van der Waals surface area contributed by atoms with Gasteiger partial charge in [0.25, 0.3) is 0 Å². The summed E-state index contributed by atoms with van der Waals surface area (Å²) < 4.78 is 26.5. The average molecular weight is 296 g/mol. The molecule has 7 heteroatoms. The zero-order valence-corrected chi connectivity index (χ0v) is 12.1. The minimum atomic E-state index is -3.83. The number of carbonyl (C=O) groups is 1. The molecular weight excluding hydrogens is 280 g/mol. The molecular formula is C13H16N2O4S. The number of amides is 1. The van der Waals surface area contributed by atoms with E-state index in [1.165, 1.54) is 31.1 Å². The molecule has 0 atom stereocenters. The summed E-state index contributed by atoms with van der Waals surface area (Å²) in [5.41, 5.74) is 0.270. The first-order valence-electron chi connectivity index (χ1n) is 5.77. The third-order valence-electron chi connectivity index (χ3n) is 2.39. The van der Waals surface area contributed by atoms with Crippen LogP contribution in [-0.4, -0.2) is 51.6 Å². The summed E-state index contributed by atoms with van der Waals surface area (Å²) >= 11 is 0. The summed E-state index contributed by atoms with van der Waals surface area (Å²) in [6.07, 6.45) is 0. The number of aliphatic hydroxyl groups excluding tert-OH is 1. The van der Waals surface area contributed by atoms with E-state index in [0.717, 1.165) is 0 Å². The van der Waals surface area contributed by atoms with Crippen LogP contribution in [0.5, 0.6) is 0 Å². The molecule has 1 rings (SSSR count). The van der Waals surface area contributed by atoms with Crippen molar-refractivity contribution in [3.63, 3.8) is 0 Å². The topological polar surface area (TPSA) is 86.7 Å². The number of likely N-dealkylation sites (N-methyl/N-ethyl adjacent to an activating group) is 1. The fourth-order valence-electron chi connectivity index (χ4n) is 1.33. The van der Waals surface area contributed by atoms with Gasteiger partial charge in [-0.3, -0.25) is 4.79 Å². The molecule has 0 aliphatic heterocycles. The zero-order valence-electron chi connectivity index (χ0n) is 11.3. The van der Waals surface area contributed by atoms with E-state index in [4.69, 9.17) is 5.11 Å². The van der Waals surface area contributed by atoms with E-state index in [2.05, 4.69) is 16.6 Å². The van der Waals surface area contributed by atoms with Gasteiger partial charge < -0.3 is 10.0 Å². The number of benzene rings is 1. The van der Waals surface area contributed by atoms with Crippen molar-refractivity contribution in [3.05, 3.63) is 29.8 Å². The predicted octanol–water partition coefficient (Wildman–Crippen LogP) is -0.603. The van der Waals surface area contributed by atoms with Crippen molar-refractivity contribution in [3.8, 4) is 11.8 Å². The molecule has 0 aliphatic rings. The Bertz CT molecular complexity index is 642. The molecule has 0 spiro atoms. The quantitative estimate of drug-likeness (QED) is 0.726. The van der Waals surface area contributed by atoms with Gasteiger partial charge in [0.15, 0.2) is 0 Å². The minimum Gasteiger partial charge on any atom is -0.384 e. The van der Waals surface area contributed by atoms with Crippen LogP contribution < -0.4 is 4.72 Å². The number of hydrogen-bond donors (Lipinski definition) is 2. The molecule has 0 heterocycles. The molecule has 0 aromatic heterocycles. The second kappa shape index (κ2) is 7.05. The van der Waals surface area contributed by atoms with Gasteiger partial charge in [0.2, 0.25) is 15.9 Å². The Morgan fingerprint density at radius 2 is 2.00 bits per heavy atom. The van der Waals surface area contributed by atoms with Gasteiger partial charge >= 0.3 is 0 Å². The smallest absolute Gasteiger partial charge is 0.242 e. The first kappa shape index (κ1) is 16.2. The number of hydrogen-bond acceptors (Lipinski definition) is 4. The van der Waals surface area contributed by atoms with Gasteiger partial charge in [-0.15, -0.1) is 0 Å². The Morgan fingerprint density at radius 1 is 1.35 bits per heavy atom. The van der Waals surface area contributed by atoms with Gasteiger partial charge in [0.05, 0.1) is 11.4 Å². The van der Waals surface area contributed by atoms with Gasteiger partial charge in [-0.2, -0.15) is 0 Å². The minimum absolute atomic E-state index is 0.0208. The normalized spacial score (nSPS) is 10.6. The van der Waals surface area contributed by atoms with Crippen molar-refractivity contribution < 1.29 is 18.3 Å². The average Bonchev–Trinajstić information content (AvgIpc) is 2.42. The van der Waals surface area contributed by atoms with Crippen molar-refractivity contribution in [2.45, 2.75) is 4.90 Å². The summed E-state index contributed by atoms with van der Waals surface area (Å²) in [7, 11) is -0.754. The number of nitrogens with zero attached hydrogens (tertiary/aromatic N) is 1. The highest BCUT2D eigenvalue weighted by atomic mass is 32.2. The molecule has 20 heavy (non-hydrogen) atoms. The molecule has 0 aliphatic carbocycles. The summed E-state index contributed by atoms with van der Waals surface area (Å²) in [4.78, 5) is 12.7. The van der Waals surface area contributed by atoms with Gasteiger partial charge in [0.1, 0.15) is 6.61 Å². The van der Waals surface area contributed by atoms with E-state index >= 15 is 0 Å². The molecule has 2 N–H and O–H groups in total. The Labute approximate surface area is 118 Å². The van der Waals surface area contributed by atoms with Crippen molar-refractivity contribution in [1.82, 2.24) is 9.62 Å². The Morgan fingerprint density at radius 3 is 2.60 bits per heavy atom. The van der Waals surface area contributed by atoms with Crippen LogP contribution in [0.3, 0.4) is 0 Å². The lowest BCUT2D eigenvalue weighted by Gasteiger charge is -2.12. The molecule has 0 bridgehead atoms. The molecule has 1 aromatic carbocycles. The summed E-state index contributed by atoms with van der Waals surface area (Å²) in [6.45, 7) is -0.683. The van der Waals surface area contributed by atoms with Crippen LogP contribution in [0.4, 0.5) is 0 Å². The molecule has 0 saturated carbocycles. The van der Waals surface area contributed by atoms with Crippen LogP contribution in [0.25, 0.3) is 0 Å². The lowest BCUT2D eigenvalue weighted by molar-refractivity contribution is -0.127. The lowest BCUT2D eigenvalue weighted by Crippen LogP contribution is -2.36. The van der Waals surface area contributed by atoms with Gasteiger partial charge in [-0.25, -0.2) is 13.1 Å². The highest BCUT2D eigenvalue weighted by molar-refractivity contribution is 7.89. The molecule has 0 saturated heterocycles. The molecule has 1 aromatic rings. The maximum Gasteiger partial charge on any atom is 0.242 e. The van der Waals surface area contributed by atoms with Crippen LogP contribution in [0.1, 0.15) is 5.56 Å². The predicted molar refractivity (Wildman–Crippen MR) is 74.3 cm³/mol. The van der Waals surface area contributed by atoms with Gasteiger partial charge in [0, 0.05) is 19.7 Å². The highest BCUT2D eigenvalue weighted by Gasteiger charge is 2.18. The second-order valence-corrected chi connectivity index (χ2v) is 5.80. The number of rotatable bonds is 4. The Hall–Kier alpha value is -1.88. The van der Waals surface area contributed by atoms with Crippen LogP contribution in [0.15, 0.2) is 29.2 Å². The monoisotopic (exact) mass is 296 g/mol. The fraction of sp³-hybridized carbons (Fsp3) is 0.308. The SMILES string of the molecule is CN(C)C(=O)CNS(=O)(=O)c1ccccc1C#CCO. The number of carbonyl (C=O) groups excluding carboxylic acids is 1. The summed E-state index contributed by atoms with van der Waals surface area (Å²) in [6, 6.07) is 6.13. The third-order valence-corrected chi connectivity index (χ3v) is 3.85. The van der Waals surface area contributed by atoms with Crippen molar-refractivity contribution in [2.75, 3.05) is 27.2 Å². The summed E-state index contributed by atoms with van der Waals surface area (Å²) in [5, 5.41) is 8.67. The van der Waals surface area contributed by atoms with Crippen molar-refractivity contribution in [1.29, 1.82) is 0 Å². The fourth-order valence-corrected chi connectivity index (χ4v) is 2.47. The van der Waals surface area contributed by atoms with E-state index in [1.54, 1.807) is 12.1 Å². The molecule has 1 amide bonds. The largest absolute Gasteiger partial charge is 0.384 e. The number of aliphatic hydroxyl groups is 1. The Kier molecular flexibility index (Phi) is 5.70. The summed E-state index contributed by atoms with van der Waals surface area (Å²) in [5.74, 6) is 4.61.